The molecule has 0 saturated heterocycles. The zero-order chi connectivity index (χ0) is 20.8. The molecule has 3 nitrogen and oxygen atoms in total. The Morgan fingerprint density at radius 2 is 1.66 bits per heavy atom. The van der Waals surface area contributed by atoms with Gasteiger partial charge < -0.3 is 5.32 Å². The summed E-state index contributed by atoms with van der Waals surface area (Å²) in [4.78, 5) is 12.4. The van der Waals surface area contributed by atoms with Crippen molar-refractivity contribution < 1.29 is 4.79 Å². The lowest BCUT2D eigenvalue weighted by Crippen LogP contribution is -2.13. The average Bonchev–Trinajstić information content (AvgIpc) is 2.71. The normalized spacial score (nSPS) is 11.0. The molecule has 3 rings (SSSR count). The Bertz CT molecular complexity index is 1120. The molecule has 3 aromatic carbocycles. The van der Waals surface area contributed by atoms with Gasteiger partial charge in [0, 0.05) is 10.7 Å². The van der Waals surface area contributed by atoms with Crippen molar-refractivity contribution in [3.05, 3.63) is 104 Å². The van der Waals surface area contributed by atoms with E-state index in [1.807, 2.05) is 54.6 Å². The summed E-state index contributed by atoms with van der Waals surface area (Å²) < 4.78 is 0. The largest absolute Gasteiger partial charge is 0.321 e. The molecule has 0 radical (unpaired) electrons. The van der Waals surface area contributed by atoms with E-state index in [2.05, 4.69) is 5.32 Å². The topological polar surface area (TPSA) is 52.9 Å². The molecule has 29 heavy (non-hydrogen) atoms. The molecule has 3 aromatic rings. The number of carbonyl (C=O) groups excluding carboxylic acids is 1. The van der Waals surface area contributed by atoms with Crippen LogP contribution < -0.4 is 5.32 Å². The van der Waals surface area contributed by atoms with Gasteiger partial charge in [-0.25, -0.2) is 0 Å². The van der Waals surface area contributed by atoms with Crippen LogP contribution in [0.25, 0.3) is 6.08 Å². The van der Waals surface area contributed by atoms with Crippen LogP contribution in [0.15, 0.2) is 72.3 Å². The van der Waals surface area contributed by atoms with Crippen molar-refractivity contribution in [2.24, 2.45) is 0 Å². The Morgan fingerprint density at radius 3 is 2.31 bits per heavy atom. The van der Waals surface area contributed by atoms with Gasteiger partial charge in [0.05, 0.1) is 10.0 Å². The summed E-state index contributed by atoms with van der Waals surface area (Å²) in [6, 6.07) is 21.9. The molecule has 0 bridgehead atoms. The fourth-order valence-electron chi connectivity index (χ4n) is 2.68. The van der Waals surface area contributed by atoms with Crippen molar-refractivity contribution in [2.45, 2.75) is 6.42 Å². The Balaban J connectivity index is 1.73. The van der Waals surface area contributed by atoms with Gasteiger partial charge in [-0.15, -0.1) is 0 Å². The fraction of sp³-hybridized carbons (Fsp3) is 0.0435. The Morgan fingerprint density at radius 1 is 0.931 bits per heavy atom. The predicted octanol–water partition coefficient (Wildman–Crippen LogP) is 6.78. The monoisotopic (exact) mass is 440 g/mol. The molecular weight excluding hydrogens is 427 g/mol. The van der Waals surface area contributed by atoms with E-state index in [0.29, 0.717) is 22.2 Å². The summed E-state index contributed by atoms with van der Waals surface area (Å²) in [5.41, 5.74) is 3.30. The van der Waals surface area contributed by atoms with Crippen LogP contribution in [0.1, 0.15) is 16.7 Å². The summed E-state index contributed by atoms with van der Waals surface area (Å²) in [7, 11) is 0. The van der Waals surface area contributed by atoms with Gasteiger partial charge >= 0.3 is 0 Å². The van der Waals surface area contributed by atoms with Crippen LogP contribution in [0.5, 0.6) is 0 Å². The van der Waals surface area contributed by atoms with Crippen LogP contribution in [-0.2, 0) is 11.2 Å². The highest BCUT2D eigenvalue weighted by Crippen LogP contribution is 2.25. The van der Waals surface area contributed by atoms with Crippen molar-refractivity contribution in [1.82, 2.24) is 0 Å². The lowest BCUT2D eigenvalue weighted by atomic mass is 10.0. The summed E-state index contributed by atoms with van der Waals surface area (Å²) >= 11 is 18.0. The van der Waals surface area contributed by atoms with Crippen LogP contribution in [0.4, 0.5) is 5.69 Å². The number of carbonyl (C=O) groups is 1. The first-order chi connectivity index (χ1) is 14.0. The zero-order valence-corrected chi connectivity index (χ0v) is 17.4. The van der Waals surface area contributed by atoms with Crippen LogP contribution in [0.2, 0.25) is 15.1 Å². The van der Waals surface area contributed by atoms with E-state index in [1.165, 1.54) is 12.1 Å². The van der Waals surface area contributed by atoms with E-state index in [0.717, 1.165) is 21.7 Å². The number of nitriles is 1. The highest BCUT2D eigenvalue weighted by molar-refractivity contribution is 6.42. The molecule has 144 valence electrons. The molecule has 0 aromatic heterocycles. The first-order valence-electron chi connectivity index (χ1n) is 8.67. The number of hydrogen-bond acceptors (Lipinski definition) is 2. The number of nitrogens with one attached hydrogen (secondary N) is 1. The predicted molar refractivity (Wildman–Crippen MR) is 119 cm³/mol. The second-order valence-corrected chi connectivity index (χ2v) is 7.48. The molecule has 0 aliphatic rings. The number of rotatable bonds is 5. The summed E-state index contributed by atoms with van der Waals surface area (Å²) in [5, 5.41) is 13.4. The third kappa shape index (κ3) is 5.62. The first-order valence-corrected chi connectivity index (χ1v) is 9.80. The van der Waals surface area contributed by atoms with Crippen LogP contribution in [-0.4, -0.2) is 5.91 Å². The smallest absolute Gasteiger partial charge is 0.266 e. The number of amides is 1. The van der Waals surface area contributed by atoms with E-state index in [4.69, 9.17) is 34.8 Å². The molecule has 0 aliphatic heterocycles. The van der Waals surface area contributed by atoms with E-state index < -0.39 is 5.91 Å². The quantitative estimate of drug-likeness (QED) is 0.350. The van der Waals surface area contributed by atoms with Crippen molar-refractivity contribution in [1.29, 1.82) is 5.26 Å². The van der Waals surface area contributed by atoms with E-state index in [-0.39, 0.29) is 5.57 Å². The van der Waals surface area contributed by atoms with Crippen molar-refractivity contribution in [3.63, 3.8) is 0 Å². The maximum atomic E-state index is 12.4. The third-order valence-electron chi connectivity index (χ3n) is 4.19. The van der Waals surface area contributed by atoms with E-state index in [9.17, 15) is 10.1 Å². The minimum absolute atomic E-state index is 0.0186. The molecule has 0 atom stereocenters. The molecule has 0 saturated carbocycles. The number of anilines is 1. The van der Waals surface area contributed by atoms with Gasteiger partial charge in [0.15, 0.2) is 0 Å². The van der Waals surface area contributed by atoms with E-state index in [1.54, 1.807) is 12.1 Å². The van der Waals surface area contributed by atoms with Gasteiger partial charge in [0.2, 0.25) is 0 Å². The van der Waals surface area contributed by atoms with Crippen molar-refractivity contribution in [3.8, 4) is 6.07 Å². The standard InChI is InChI=1S/C23H15Cl3N2O/c24-20-4-2-1-3-17(20)11-15-5-7-16(8-6-15)12-18(14-27)23(29)28-19-9-10-21(25)22(26)13-19/h1-10,12-13H,11H2,(H,28,29)/b18-12+. The van der Waals surface area contributed by atoms with E-state index >= 15 is 0 Å². The van der Waals surface area contributed by atoms with Crippen LogP contribution >= 0.6 is 34.8 Å². The van der Waals surface area contributed by atoms with Gasteiger partial charge in [-0.1, -0.05) is 77.3 Å². The maximum Gasteiger partial charge on any atom is 0.266 e. The molecule has 0 heterocycles. The molecular formula is C23H15Cl3N2O. The van der Waals surface area contributed by atoms with Gasteiger partial charge in [-0.2, -0.15) is 5.26 Å². The van der Waals surface area contributed by atoms with Crippen LogP contribution in [0, 0.1) is 11.3 Å². The van der Waals surface area contributed by atoms with Gasteiger partial charge in [0.25, 0.3) is 5.91 Å². The lowest BCUT2D eigenvalue weighted by molar-refractivity contribution is -0.112. The summed E-state index contributed by atoms with van der Waals surface area (Å²) in [6.45, 7) is 0. The molecule has 0 fully saturated rings. The molecule has 0 aliphatic carbocycles. The van der Waals surface area contributed by atoms with Crippen molar-refractivity contribution in [2.75, 3.05) is 5.32 Å². The molecule has 0 unspecified atom stereocenters. The second kappa shape index (κ2) is 9.62. The van der Waals surface area contributed by atoms with Gasteiger partial charge in [-0.05, 0) is 53.5 Å². The van der Waals surface area contributed by atoms with Crippen molar-refractivity contribution >= 4 is 52.5 Å². The highest BCUT2D eigenvalue weighted by Gasteiger charge is 2.11. The average molecular weight is 442 g/mol. The Hall–Kier alpha value is -2.77. The number of halogens is 3. The fourth-order valence-corrected chi connectivity index (χ4v) is 3.18. The Kier molecular flexibility index (Phi) is 6.95. The molecule has 0 spiro atoms. The summed E-state index contributed by atoms with van der Waals surface area (Å²) in [5.74, 6) is -0.522. The molecule has 6 heteroatoms. The maximum absolute atomic E-state index is 12.4. The number of hydrogen-bond donors (Lipinski definition) is 1. The van der Waals surface area contributed by atoms with Gasteiger partial charge in [-0.3, -0.25) is 4.79 Å². The highest BCUT2D eigenvalue weighted by atomic mass is 35.5. The minimum atomic E-state index is -0.522. The SMILES string of the molecule is N#C/C(=C\c1ccc(Cc2ccccc2Cl)cc1)C(=O)Nc1ccc(Cl)c(Cl)c1. The lowest BCUT2D eigenvalue weighted by Gasteiger charge is -2.06. The summed E-state index contributed by atoms with van der Waals surface area (Å²) in [6.07, 6.45) is 2.23. The number of benzene rings is 3. The van der Waals surface area contributed by atoms with Gasteiger partial charge in [0.1, 0.15) is 11.6 Å². The number of nitrogens with zero attached hydrogens (tertiary/aromatic N) is 1. The Labute approximate surface area is 184 Å². The second-order valence-electron chi connectivity index (χ2n) is 6.26. The zero-order valence-electron chi connectivity index (χ0n) is 15.1. The molecule has 1 N–H and O–H groups in total. The molecule has 1 amide bonds. The van der Waals surface area contributed by atoms with Crippen LogP contribution in [0.3, 0.4) is 0 Å². The third-order valence-corrected chi connectivity index (χ3v) is 5.29. The minimum Gasteiger partial charge on any atom is -0.321 e. The first kappa shape index (κ1) is 21.0.